The monoisotopic (exact) mass is 344 g/mol. The topological polar surface area (TPSA) is 34.1 Å². The molecular weight excluding hydrogens is 329 g/mol. The molecule has 0 spiro atoms. The van der Waals surface area contributed by atoms with Gasteiger partial charge in [0.1, 0.15) is 0 Å². The second kappa shape index (κ2) is 7.35. The van der Waals surface area contributed by atoms with Crippen molar-refractivity contribution in [3.63, 3.8) is 0 Å². The lowest BCUT2D eigenvalue weighted by molar-refractivity contribution is -0.137. The molecule has 0 aliphatic rings. The molecule has 0 N–H and O–H groups in total. The molecule has 0 aliphatic heterocycles. The Kier molecular flexibility index (Phi) is 5.43. The Balaban J connectivity index is 2.20. The molecule has 2 rings (SSSR count). The predicted molar refractivity (Wildman–Crippen MR) is 88.0 cm³/mol. The summed E-state index contributed by atoms with van der Waals surface area (Å²) in [6, 6.07) is 10.3. The maximum atomic E-state index is 12.8. The third-order valence-electron chi connectivity index (χ3n) is 3.47. The Morgan fingerprint density at radius 2 is 1.56 bits per heavy atom. The predicted octanol–water partition coefficient (Wildman–Crippen LogP) is 4.11. The number of ketones is 2. The van der Waals surface area contributed by atoms with Crippen LogP contribution in [-0.2, 0) is 22.2 Å². The minimum absolute atomic E-state index is 0.0237. The van der Waals surface area contributed by atoms with Gasteiger partial charge >= 0.3 is 6.18 Å². The molecule has 2 aromatic carbocycles. The van der Waals surface area contributed by atoms with Gasteiger partial charge < -0.3 is 0 Å². The summed E-state index contributed by atoms with van der Waals surface area (Å²) in [5.74, 6) is 4.55. The van der Waals surface area contributed by atoms with Gasteiger partial charge in [0, 0.05) is 24.5 Å². The highest BCUT2D eigenvalue weighted by Crippen LogP contribution is 2.30. The van der Waals surface area contributed by atoms with E-state index in [1.165, 1.54) is 6.92 Å². The van der Waals surface area contributed by atoms with Gasteiger partial charge in [-0.1, -0.05) is 24.0 Å². The number of aryl methyl sites for hydroxylation is 1. The number of hydrogen-bond acceptors (Lipinski definition) is 2. The van der Waals surface area contributed by atoms with Gasteiger partial charge in [-0.25, -0.2) is 0 Å². The maximum Gasteiger partial charge on any atom is 0.416 e. The molecule has 25 heavy (non-hydrogen) atoms. The zero-order valence-electron chi connectivity index (χ0n) is 13.7. The van der Waals surface area contributed by atoms with Crippen molar-refractivity contribution in [2.24, 2.45) is 0 Å². The van der Waals surface area contributed by atoms with Crippen LogP contribution in [0, 0.1) is 18.8 Å². The van der Waals surface area contributed by atoms with Crippen LogP contribution >= 0.6 is 0 Å². The zero-order valence-corrected chi connectivity index (χ0v) is 13.7. The number of halogens is 3. The van der Waals surface area contributed by atoms with Crippen molar-refractivity contribution < 1.29 is 22.8 Å². The Bertz CT molecular complexity index is 867. The van der Waals surface area contributed by atoms with Gasteiger partial charge in [-0.05, 0) is 48.4 Å². The second-order valence-corrected chi connectivity index (χ2v) is 5.69. The van der Waals surface area contributed by atoms with Crippen LogP contribution in [0.1, 0.15) is 34.7 Å². The van der Waals surface area contributed by atoms with E-state index in [1.54, 1.807) is 37.3 Å². The van der Waals surface area contributed by atoms with E-state index in [1.807, 2.05) is 0 Å². The molecule has 0 fully saturated rings. The van der Waals surface area contributed by atoms with Crippen LogP contribution < -0.4 is 0 Å². The molecule has 0 saturated heterocycles. The van der Waals surface area contributed by atoms with Crippen molar-refractivity contribution in [3.05, 3.63) is 70.3 Å². The average molecular weight is 344 g/mol. The summed E-state index contributed by atoms with van der Waals surface area (Å²) in [7, 11) is 0. The maximum absolute atomic E-state index is 12.8. The van der Waals surface area contributed by atoms with Gasteiger partial charge in [-0.2, -0.15) is 13.2 Å². The third kappa shape index (κ3) is 5.32. The van der Waals surface area contributed by atoms with E-state index in [-0.39, 0.29) is 12.0 Å². The quantitative estimate of drug-likeness (QED) is 0.620. The molecule has 0 aromatic heterocycles. The van der Waals surface area contributed by atoms with Gasteiger partial charge in [0.05, 0.1) is 5.56 Å². The molecule has 0 atom stereocenters. The van der Waals surface area contributed by atoms with Crippen LogP contribution in [0.4, 0.5) is 13.2 Å². The Hall–Kier alpha value is -2.87. The first kappa shape index (κ1) is 18.5. The molecule has 2 nitrogen and oxygen atoms in total. The summed E-state index contributed by atoms with van der Waals surface area (Å²) in [5.41, 5.74) is 1.32. The lowest BCUT2D eigenvalue weighted by Crippen LogP contribution is -2.12. The molecule has 0 saturated carbocycles. The van der Waals surface area contributed by atoms with Gasteiger partial charge in [0.25, 0.3) is 0 Å². The third-order valence-corrected chi connectivity index (χ3v) is 3.47. The summed E-state index contributed by atoms with van der Waals surface area (Å²) >= 11 is 0. The van der Waals surface area contributed by atoms with E-state index in [0.717, 1.165) is 12.1 Å². The molecule has 0 radical (unpaired) electrons. The zero-order chi connectivity index (χ0) is 18.6. The van der Waals surface area contributed by atoms with Gasteiger partial charge in [-0.15, -0.1) is 0 Å². The molecule has 0 unspecified atom stereocenters. The SMILES string of the molecule is CC(=O)C(=O)Cc1ccc(C#Cc2cc(C)cc(C(F)(F)F)c2)cc1. The second-order valence-electron chi connectivity index (χ2n) is 5.69. The number of hydrogen-bond donors (Lipinski definition) is 0. The number of carbonyl (C=O) groups is 2. The molecule has 0 heterocycles. The fraction of sp³-hybridized carbons (Fsp3) is 0.200. The Labute approximate surface area is 143 Å². The highest BCUT2D eigenvalue weighted by molar-refractivity contribution is 6.36. The highest BCUT2D eigenvalue weighted by Gasteiger charge is 2.30. The first-order valence-corrected chi connectivity index (χ1v) is 7.49. The molecule has 128 valence electrons. The largest absolute Gasteiger partial charge is 0.416 e. The van der Waals surface area contributed by atoms with Crippen molar-refractivity contribution in [1.82, 2.24) is 0 Å². The lowest BCUT2D eigenvalue weighted by Gasteiger charge is -2.08. The lowest BCUT2D eigenvalue weighted by atomic mass is 10.0. The van der Waals surface area contributed by atoms with Crippen LogP contribution in [0.2, 0.25) is 0 Å². The van der Waals surface area contributed by atoms with Crippen LogP contribution in [-0.4, -0.2) is 11.6 Å². The number of Topliss-reactive ketones (excluding diaryl/α,β-unsaturated/α-hetero) is 2. The van der Waals surface area contributed by atoms with E-state index in [0.29, 0.717) is 16.7 Å². The minimum atomic E-state index is -4.41. The van der Waals surface area contributed by atoms with Crippen LogP contribution in [0.3, 0.4) is 0 Å². The Morgan fingerprint density at radius 1 is 0.960 bits per heavy atom. The number of rotatable bonds is 3. The fourth-order valence-corrected chi connectivity index (χ4v) is 2.18. The standard InChI is InChI=1S/C20H15F3O2/c1-13-9-17(11-18(10-13)20(21,22)23)8-5-15-3-6-16(7-4-15)12-19(25)14(2)24/h3-4,6-7,9-11H,12H2,1-2H3. The Morgan fingerprint density at radius 3 is 2.12 bits per heavy atom. The van der Waals surface area contributed by atoms with Gasteiger partial charge in [0.15, 0.2) is 5.78 Å². The van der Waals surface area contributed by atoms with Crippen molar-refractivity contribution in [2.45, 2.75) is 26.4 Å². The van der Waals surface area contributed by atoms with E-state index < -0.39 is 23.3 Å². The summed E-state index contributed by atoms with van der Waals surface area (Å²) in [5, 5.41) is 0. The van der Waals surface area contributed by atoms with Crippen LogP contribution in [0.5, 0.6) is 0 Å². The number of alkyl halides is 3. The normalized spacial score (nSPS) is 10.8. The summed E-state index contributed by atoms with van der Waals surface area (Å²) in [4.78, 5) is 22.3. The van der Waals surface area contributed by atoms with Gasteiger partial charge in [0.2, 0.25) is 5.78 Å². The summed E-state index contributed by atoms with van der Waals surface area (Å²) in [6.07, 6.45) is -4.39. The van der Waals surface area contributed by atoms with Crippen molar-refractivity contribution in [2.75, 3.05) is 0 Å². The number of carbonyl (C=O) groups excluding carboxylic acids is 2. The molecule has 0 bridgehead atoms. The summed E-state index contributed by atoms with van der Waals surface area (Å²) in [6.45, 7) is 2.81. The highest BCUT2D eigenvalue weighted by atomic mass is 19.4. The first-order valence-electron chi connectivity index (χ1n) is 7.49. The molecular formula is C20H15F3O2. The van der Waals surface area contributed by atoms with E-state index >= 15 is 0 Å². The molecule has 0 amide bonds. The van der Waals surface area contributed by atoms with Crippen LogP contribution in [0.25, 0.3) is 0 Å². The van der Waals surface area contributed by atoms with E-state index in [2.05, 4.69) is 11.8 Å². The molecule has 5 heteroatoms. The molecule has 2 aromatic rings. The fourth-order valence-electron chi connectivity index (χ4n) is 2.18. The van der Waals surface area contributed by atoms with Crippen molar-refractivity contribution in [1.29, 1.82) is 0 Å². The average Bonchev–Trinajstić information content (AvgIpc) is 2.52. The molecule has 0 aliphatic carbocycles. The van der Waals surface area contributed by atoms with Crippen molar-refractivity contribution >= 4 is 11.6 Å². The van der Waals surface area contributed by atoms with Crippen molar-refractivity contribution in [3.8, 4) is 11.8 Å². The van der Waals surface area contributed by atoms with Gasteiger partial charge in [-0.3, -0.25) is 9.59 Å². The van der Waals surface area contributed by atoms with E-state index in [4.69, 9.17) is 0 Å². The summed E-state index contributed by atoms with van der Waals surface area (Å²) < 4.78 is 38.5. The first-order chi connectivity index (χ1) is 11.6. The van der Waals surface area contributed by atoms with E-state index in [9.17, 15) is 22.8 Å². The number of benzene rings is 2. The van der Waals surface area contributed by atoms with Crippen LogP contribution in [0.15, 0.2) is 42.5 Å². The minimum Gasteiger partial charge on any atom is -0.291 e. The smallest absolute Gasteiger partial charge is 0.291 e.